The van der Waals surface area contributed by atoms with Crippen molar-refractivity contribution in [2.24, 2.45) is 5.73 Å². The number of nitrogens with two attached hydrogens (primary N) is 1. The SMILES string of the molecule is Cc1ccccc1-c1ccc(NC(N)=S)cc1. The highest BCUT2D eigenvalue weighted by Gasteiger charge is 2.00. The third kappa shape index (κ3) is 2.82. The van der Waals surface area contributed by atoms with Crippen molar-refractivity contribution in [3.8, 4) is 11.1 Å². The molecule has 0 heterocycles. The maximum Gasteiger partial charge on any atom is 0.168 e. The molecule has 3 N–H and O–H groups in total. The van der Waals surface area contributed by atoms with Gasteiger partial charge in [-0.25, -0.2) is 0 Å². The number of anilines is 1. The van der Waals surface area contributed by atoms with Crippen molar-refractivity contribution in [2.45, 2.75) is 6.92 Å². The predicted molar refractivity (Wildman–Crippen MR) is 77.0 cm³/mol. The van der Waals surface area contributed by atoms with E-state index in [4.69, 9.17) is 18.0 Å². The number of rotatable bonds is 2. The molecule has 17 heavy (non-hydrogen) atoms. The molecule has 2 nitrogen and oxygen atoms in total. The van der Waals surface area contributed by atoms with Crippen LogP contribution in [-0.4, -0.2) is 5.11 Å². The van der Waals surface area contributed by atoms with Crippen LogP contribution in [0.3, 0.4) is 0 Å². The van der Waals surface area contributed by atoms with Gasteiger partial charge in [0.2, 0.25) is 0 Å². The smallest absolute Gasteiger partial charge is 0.168 e. The van der Waals surface area contributed by atoms with Crippen LogP contribution in [0.25, 0.3) is 11.1 Å². The molecule has 0 spiro atoms. The highest BCUT2D eigenvalue weighted by atomic mass is 32.1. The third-order valence-electron chi connectivity index (χ3n) is 2.61. The van der Waals surface area contributed by atoms with Crippen LogP contribution in [0.2, 0.25) is 0 Å². The number of thiocarbonyl (C=S) groups is 1. The zero-order valence-corrected chi connectivity index (χ0v) is 10.4. The highest BCUT2D eigenvalue weighted by molar-refractivity contribution is 7.80. The summed E-state index contributed by atoms with van der Waals surface area (Å²) in [5.74, 6) is 0. The van der Waals surface area contributed by atoms with Crippen molar-refractivity contribution in [1.29, 1.82) is 0 Å². The molecule has 0 atom stereocenters. The highest BCUT2D eigenvalue weighted by Crippen LogP contribution is 2.24. The van der Waals surface area contributed by atoms with Crippen molar-refractivity contribution in [1.82, 2.24) is 0 Å². The molecule has 3 heteroatoms. The second-order valence-corrected chi connectivity index (χ2v) is 4.32. The van der Waals surface area contributed by atoms with E-state index in [2.05, 4.69) is 36.5 Å². The first-order chi connectivity index (χ1) is 8.16. The molecule has 0 radical (unpaired) electrons. The van der Waals surface area contributed by atoms with Crippen LogP contribution < -0.4 is 11.1 Å². The van der Waals surface area contributed by atoms with Crippen molar-refractivity contribution < 1.29 is 0 Å². The van der Waals surface area contributed by atoms with E-state index in [1.165, 1.54) is 16.7 Å². The normalized spacial score (nSPS) is 9.94. The first-order valence-corrected chi connectivity index (χ1v) is 5.80. The van der Waals surface area contributed by atoms with Crippen molar-refractivity contribution in [3.63, 3.8) is 0 Å². The van der Waals surface area contributed by atoms with Gasteiger partial charge in [0.15, 0.2) is 5.11 Å². The summed E-state index contributed by atoms with van der Waals surface area (Å²) in [6, 6.07) is 16.4. The Labute approximate surface area is 106 Å². The molecule has 0 bridgehead atoms. The van der Waals surface area contributed by atoms with Gasteiger partial charge >= 0.3 is 0 Å². The Hall–Kier alpha value is -1.87. The van der Waals surface area contributed by atoms with Gasteiger partial charge in [0.05, 0.1) is 0 Å². The molecule has 2 aromatic carbocycles. The Morgan fingerprint density at radius 1 is 1.06 bits per heavy atom. The number of aryl methyl sites for hydroxylation is 1. The average Bonchev–Trinajstić information content (AvgIpc) is 2.30. The summed E-state index contributed by atoms with van der Waals surface area (Å²) in [5, 5.41) is 3.19. The molecule has 0 aliphatic rings. The molecular weight excluding hydrogens is 228 g/mol. The van der Waals surface area contributed by atoms with Crippen LogP contribution in [0, 0.1) is 6.92 Å². The molecule has 0 saturated heterocycles. The summed E-state index contributed by atoms with van der Waals surface area (Å²) in [5.41, 5.74) is 10.0. The maximum atomic E-state index is 5.42. The lowest BCUT2D eigenvalue weighted by molar-refractivity contribution is 1.46. The summed E-state index contributed by atoms with van der Waals surface area (Å²) >= 11 is 4.79. The molecule has 0 saturated carbocycles. The van der Waals surface area contributed by atoms with Gasteiger partial charge in [-0.15, -0.1) is 0 Å². The van der Waals surface area contributed by atoms with Gasteiger partial charge in [-0.2, -0.15) is 0 Å². The molecule has 0 amide bonds. The van der Waals surface area contributed by atoms with E-state index < -0.39 is 0 Å². The molecule has 0 unspecified atom stereocenters. The number of nitrogens with one attached hydrogen (secondary N) is 1. The zero-order valence-electron chi connectivity index (χ0n) is 9.60. The Balaban J connectivity index is 2.30. The van der Waals surface area contributed by atoms with Gasteiger partial charge in [0, 0.05) is 5.69 Å². The molecule has 0 aliphatic heterocycles. The van der Waals surface area contributed by atoms with Gasteiger partial charge < -0.3 is 11.1 Å². The van der Waals surface area contributed by atoms with Crippen LogP contribution in [-0.2, 0) is 0 Å². The van der Waals surface area contributed by atoms with E-state index in [0.717, 1.165) is 5.69 Å². The Kier molecular flexibility index (Phi) is 3.40. The quantitative estimate of drug-likeness (QED) is 0.793. The summed E-state index contributed by atoms with van der Waals surface area (Å²) < 4.78 is 0. The lowest BCUT2D eigenvalue weighted by Gasteiger charge is -2.08. The fourth-order valence-electron chi connectivity index (χ4n) is 1.77. The Morgan fingerprint density at radius 3 is 2.29 bits per heavy atom. The second kappa shape index (κ2) is 4.97. The van der Waals surface area contributed by atoms with Crippen LogP contribution in [0.4, 0.5) is 5.69 Å². The Morgan fingerprint density at radius 2 is 1.71 bits per heavy atom. The van der Waals surface area contributed by atoms with E-state index >= 15 is 0 Å². The van der Waals surface area contributed by atoms with Crippen LogP contribution in [0.5, 0.6) is 0 Å². The molecule has 86 valence electrons. The topological polar surface area (TPSA) is 38.0 Å². The Bertz CT molecular complexity index is 532. The van der Waals surface area contributed by atoms with Gasteiger partial charge in [0.25, 0.3) is 0 Å². The zero-order chi connectivity index (χ0) is 12.3. The largest absolute Gasteiger partial charge is 0.376 e. The molecule has 2 rings (SSSR count). The maximum absolute atomic E-state index is 5.42. The number of hydrogen-bond donors (Lipinski definition) is 2. The lowest BCUT2D eigenvalue weighted by atomic mass is 10.0. The predicted octanol–water partition coefficient (Wildman–Crippen LogP) is 3.32. The first-order valence-electron chi connectivity index (χ1n) is 5.39. The molecule has 2 aromatic rings. The van der Waals surface area contributed by atoms with Gasteiger partial charge in [-0.3, -0.25) is 0 Å². The number of hydrogen-bond acceptors (Lipinski definition) is 1. The third-order valence-corrected chi connectivity index (χ3v) is 2.71. The second-order valence-electron chi connectivity index (χ2n) is 3.88. The summed E-state index contributed by atoms with van der Waals surface area (Å²) in [4.78, 5) is 0. The molecular formula is C14H14N2S. The van der Waals surface area contributed by atoms with Crippen molar-refractivity contribution >= 4 is 23.0 Å². The van der Waals surface area contributed by atoms with Crippen molar-refractivity contribution in [3.05, 3.63) is 54.1 Å². The number of benzene rings is 2. The fraction of sp³-hybridized carbons (Fsp3) is 0.0714. The molecule has 0 aliphatic carbocycles. The van der Waals surface area contributed by atoms with E-state index in [1.54, 1.807) is 0 Å². The molecule has 0 fully saturated rings. The monoisotopic (exact) mass is 242 g/mol. The van der Waals surface area contributed by atoms with Gasteiger partial charge in [-0.1, -0.05) is 36.4 Å². The average molecular weight is 242 g/mol. The van der Waals surface area contributed by atoms with E-state index in [1.807, 2.05) is 24.3 Å². The summed E-state index contributed by atoms with van der Waals surface area (Å²) in [6.45, 7) is 2.11. The fourth-order valence-corrected chi connectivity index (χ4v) is 1.89. The minimum atomic E-state index is 0.286. The van der Waals surface area contributed by atoms with Gasteiger partial charge in [-0.05, 0) is 48.0 Å². The minimum Gasteiger partial charge on any atom is -0.376 e. The lowest BCUT2D eigenvalue weighted by Crippen LogP contribution is -2.18. The van der Waals surface area contributed by atoms with E-state index in [-0.39, 0.29) is 5.11 Å². The molecule has 0 aromatic heterocycles. The minimum absolute atomic E-state index is 0.286. The van der Waals surface area contributed by atoms with Crippen LogP contribution >= 0.6 is 12.2 Å². The van der Waals surface area contributed by atoms with Gasteiger partial charge in [0.1, 0.15) is 0 Å². The van der Waals surface area contributed by atoms with E-state index in [0.29, 0.717) is 0 Å². The van der Waals surface area contributed by atoms with Crippen molar-refractivity contribution in [2.75, 3.05) is 5.32 Å². The van der Waals surface area contributed by atoms with Crippen LogP contribution in [0.1, 0.15) is 5.56 Å². The van der Waals surface area contributed by atoms with E-state index in [9.17, 15) is 0 Å². The standard InChI is InChI=1S/C14H14N2S/c1-10-4-2-3-5-13(10)11-6-8-12(9-7-11)16-14(15)17/h2-9H,1H3,(H3,15,16,17). The first kappa shape index (κ1) is 11.6. The van der Waals surface area contributed by atoms with Crippen LogP contribution in [0.15, 0.2) is 48.5 Å². The summed E-state index contributed by atoms with van der Waals surface area (Å²) in [6.07, 6.45) is 0. The summed E-state index contributed by atoms with van der Waals surface area (Å²) in [7, 11) is 0.